The molecule has 24 heavy (non-hydrogen) atoms. The first kappa shape index (κ1) is 19.2. The number of hydrogen-bond acceptors (Lipinski definition) is 3. The maximum Gasteiger partial charge on any atom is 0.223 e. The minimum atomic E-state index is 0. The summed E-state index contributed by atoms with van der Waals surface area (Å²) >= 11 is 0. The van der Waals surface area contributed by atoms with E-state index in [1.807, 2.05) is 4.90 Å². The third-order valence-electron chi connectivity index (χ3n) is 5.14. The molecule has 134 valence electrons. The minimum Gasteiger partial charge on any atom is -0.340 e. The van der Waals surface area contributed by atoms with Gasteiger partial charge in [-0.1, -0.05) is 31.2 Å². The Morgan fingerprint density at radius 2 is 2.00 bits per heavy atom. The molecule has 5 heteroatoms. The van der Waals surface area contributed by atoms with Crippen molar-refractivity contribution in [3.05, 3.63) is 35.4 Å². The zero-order valence-corrected chi connectivity index (χ0v) is 15.5. The number of amides is 1. The van der Waals surface area contributed by atoms with Crippen LogP contribution >= 0.6 is 12.4 Å². The van der Waals surface area contributed by atoms with Crippen molar-refractivity contribution >= 4 is 18.3 Å². The van der Waals surface area contributed by atoms with Crippen LogP contribution in [0, 0.1) is 0 Å². The average molecular weight is 352 g/mol. The van der Waals surface area contributed by atoms with Crippen LogP contribution in [0.15, 0.2) is 24.3 Å². The topological polar surface area (TPSA) is 35.6 Å². The molecule has 0 aromatic heterocycles. The fourth-order valence-electron chi connectivity index (χ4n) is 3.94. The number of benzene rings is 1. The zero-order valence-electron chi connectivity index (χ0n) is 14.7. The van der Waals surface area contributed by atoms with Crippen molar-refractivity contribution in [2.75, 3.05) is 39.3 Å². The molecule has 0 radical (unpaired) electrons. The fraction of sp³-hybridized carbons (Fsp3) is 0.632. The number of nitrogens with zero attached hydrogens (tertiary/aromatic N) is 2. The van der Waals surface area contributed by atoms with Crippen molar-refractivity contribution in [1.82, 2.24) is 15.1 Å². The summed E-state index contributed by atoms with van der Waals surface area (Å²) in [5, 5.41) is 3.31. The molecule has 4 nitrogen and oxygen atoms in total. The average Bonchev–Trinajstić information content (AvgIpc) is 3.03. The largest absolute Gasteiger partial charge is 0.340 e. The van der Waals surface area contributed by atoms with Gasteiger partial charge in [0.2, 0.25) is 5.91 Å². The second-order valence-corrected chi connectivity index (χ2v) is 6.67. The Balaban J connectivity index is 0.00000208. The lowest BCUT2D eigenvalue weighted by Crippen LogP contribution is -2.47. The predicted molar refractivity (Wildman–Crippen MR) is 101 cm³/mol. The van der Waals surface area contributed by atoms with Crippen LogP contribution in [0.5, 0.6) is 0 Å². The first-order valence-corrected chi connectivity index (χ1v) is 9.10. The van der Waals surface area contributed by atoms with Gasteiger partial charge in [0.05, 0.1) is 0 Å². The molecule has 1 aliphatic heterocycles. The number of carbonyl (C=O) groups is 1. The maximum absolute atomic E-state index is 12.4. The maximum atomic E-state index is 12.4. The SMILES string of the molecule is CCCN(CCC(=O)N1CCNCC1)C1CCc2ccccc21.Cl. The molecule has 1 heterocycles. The Morgan fingerprint density at radius 1 is 1.25 bits per heavy atom. The van der Waals surface area contributed by atoms with Gasteiger partial charge in [0.1, 0.15) is 0 Å². The number of fused-ring (bicyclic) bond motifs is 1. The molecule has 1 fully saturated rings. The highest BCUT2D eigenvalue weighted by molar-refractivity contribution is 5.85. The number of halogens is 1. The van der Waals surface area contributed by atoms with Crippen LogP contribution in [0.2, 0.25) is 0 Å². The van der Waals surface area contributed by atoms with E-state index >= 15 is 0 Å². The van der Waals surface area contributed by atoms with Crippen molar-refractivity contribution < 1.29 is 4.79 Å². The van der Waals surface area contributed by atoms with E-state index in [0.717, 1.165) is 45.7 Å². The molecule has 0 spiro atoms. The molecule has 1 saturated heterocycles. The standard InChI is InChI=1S/C19H29N3O.ClH/c1-2-12-21(13-9-19(23)22-14-10-20-11-15-22)18-8-7-16-5-3-4-6-17(16)18;/h3-6,18,20H,2,7-15H2,1H3;1H. The fourth-order valence-corrected chi connectivity index (χ4v) is 3.94. The zero-order chi connectivity index (χ0) is 16.1. The van der Waals surface area contributed by atoms with E-state index in [1.165, 1.54) is 24.0 Å². The third kappa shape index (κ3) is 4.50. The van der Waals surface area contributed by atoms with Crippen molar-refractivity contribution in [2.45, 2.75) is 38.6 Å². The van der Waals surface area contributed by atoms with Gasteiger partial charge in [0, 0.05) is 45.2 Å². The molecule has 0 bridgehead atoms. The second kappa shape index (κ2) is 9.40. The molecule has 1 unspecified atom stereocenters. The normalized spacial score (nSPS) is 19.9. The van der Waals surface area contributed by atoms with E-state index in [0.29, 0.717) is 18.4 Å². The van der Waals surface area contributed by atoms with Crippen LogP contribution < -0.4 is 5.32 Å². The number of piperazine rings is 1. The molecule has 1 amide bonds. The van der Waals surface area contributed by atoms with Gasteiger partial charge in [0.25, 0.3) is 0 Å². The molecule has 2 aliphatic rings. The predicted octanol–water partition coefficient (Wildman–Crippen LogP) is 2.63. The van der Waals surface area contributed by atoms with E-state index in [9.17, 15) is 4.79 Å². The first-order valence-electron chi connectivity index (χ1n) is 9.10. The van der Waals surface area contributed by atoms with E-state index < -0.39 is 0 Å². The van der Waals surface area contributed by atoms with Crippen molar-refractivity contribution in [3.8, 4) is 0 Å². The molecule has 1 aromatic rings. The Hall–Kier alpha value is -1.10. The summed E-state index contributed by atoms with van der Waals surface area (Å²) in [4.78, 5) is 17.0. The van der Waals surface area contributed by atoms with Crippen LogP contribution in [0.1, 0.15) is 43.4 Å². The lowest BCUT2D eigenvalue weighted by Gasteiger charge is -2.31. The molecule has 0 saturated carbocycles. The van der Waals surface area contributed by atoms with Gasteiger partial charge in [-0.25, -0.2) is 0 Å². The minimum absolute atomic E-state index is 0. The summed E-state index contributed by atoms with van der Waals surface area (Å²) in [5.74, 6) is 0.318. The van der Waals surface area contributed by atoms with Gasteiger partial charge >= 0.3 is 0 Å². The van der Waals surface area contributed by atoms with E-state index in [2.05, 4.69) is 41.4 Å². The van der Waals surface area contributed by atoms with Crippen LogP contribution in [0.25, 0.3) is 0 Å². The molecule has 1 aromatic carbocycles. The number of rotatable bonds is 6. The highest BCUT2D eigenvalue weighted by Gasteiger charge is 2.27. The Morgan fingerprint density at radius 3 is 2.75 bits per heavy atom. The van der Waals surface area contributed by atoms with Gasteiger partial charge in [0.15, 0.2) is 0 Å². The van der Waals surface area contributed by atoms with Crippen LogP contribution in [0.4, 0.5) is 0 Å². The van der Waals surface area contributed by atoms with Crippen LogP contribution in [0.3, 0.4) is 0 Å². The van der Waals surface area contributed by atoms with Crippen LogP contribution in [-0.2, 0) is 11.2 Å². The number of aryl methyl sites for hydroxylation is 1. The van der Waals surface area contributed by atoms with Gasteiger partial charge < -0.3 is 10.2 Å². The lowest BCUT2D eigenvalue weighted by atomic mass is 10.1. The summed E-state index contributed by atoms with van der Waals surface area (Å²) in [6, 6.07) is 9.31. The van der Waals surface area contributed by atoms with Crippen LogP contribution in [-0.4, -0.2) is 55.0 Å². The van der Waals surface area contributed by atoms with Gasteiger partial charge in [-0.05, 0) is 36.9 Å². The van der Waals surface area contributed by atoms with Crippen molar-refractivity contribution in [2.24, 2.45) is 0 Å². The summed E-state index contributed by atoms with van der Waals surface area (Å²) < 4.78 is 0. The molecule has 3 rings (SSSR count). The highest BCUT2D eigenvalue weighted by Crippen LogP contribution is 2.35. The highest BCUT2D eigenvalue weighted by atomic mass is 35.5. The smallest absolute Gasteiger partial charge is 0.223 e. The van der Waals surface area contributed by atoms with E-state index in [-0.39, 0.29) is 12.4 Å². The van der Waals surface area contributed by atoms with Crippen molar-refractivity contribution in [1.29, 1.82) is 0 Å². The molecular formula is C19H30ClN3O. The Labute approximate surface area is 152 Å². The van der Waals surface area contributed by atoms with Crippen molar-refractivity contribution in [3.63, 3.8) is 0 Å². The molecule has 1 atom stereocenters. The summed E-state index contributed by atoms with van der Waals surface area (Å²) in [7, 11) is 0. The Kier molecular flexibility index (Phi) is 7.53. The first-order chi connectivity index (χ1) is 11.3. The monoisotopic (exact) mass is 351 g/mol. The van der Waals surface area contributed by atoms with Gasteiger partial charge in [-0.15, -0.1) is 12.4 Å². The summed E-state index contributed by atoms with van der Waals surface area (Å²) in [6.07, 6.45) is 4.16. The number of hydrogen-bond donors (Lipinski definition) is 1. The summed E-state index contributed by atoms with van der Waals surface area (Å²) in [6.45, 7) is 7.77. The molecular weight excluding hydrogens is 322 g/mol. The Bertz CT molecular complexity index is 531. The van der Waals surface area contributed by atoms with E-state index in [1.54, 1.807) is 0 Å². The lowest BCUT2D eigenvalue weighted by molar-refractivity contribution is -0.132. The van der Waals surface area contributed by atoms with Gasteiger partial charge in [-0.2, -0.15) is 0 Å². The molecule has 1 N–H and O–H groups in total. The number of carbonyl (C=O) groups excluding carboxylic acids is 1. The summed E-state index contributed by atoms with van der Waals surface area (Å²) in [5.41, 5.74) is 2.97. The van der Waals surface area contributed by atoms with E-state index in [4.69, 9.17) is 0 Å². The second-order valence-electron chi connectivity index (χ2n) is 6.67. The third-order valence-corrected chi connectivity index (χ3v) is 5.14. The number of nitrogens with one attached hydrogen (secondary N) is 1. The molecule has 1 aliphatic carbocycles. The van der Waals surface area contributed by atoms with Gasteiger partial charge in [-0.3, -0.25) is 9.69 Å². The quantitative estimate of drug-likeness (QED) is 0.855.